The van der Waals surface area contributed by atoms with Crippen LogP contribution in [0.5, 0.6) is 0 Å². The second kappa shape index (κ2) is 8.36. The van der Waals surface area contributed by atoms with Crippen molar-refractivity contribution in [3.8, 4) is 11.4 Å². The van der Waals surface area contributed by atoms with Crippen LogP contribution in [0.3, 0.4) is 0 Å². The Morgan fingerprint density at radius 1 is 1.24 bits per heavy atom. The smallest absolute Gasteiger partial charge is 0.229 e. The molecule has 0 spiro atoms. The Morgan fingerprint density at radius 2 is 1.86 bits per heavy atom. The van der Waals surface area contributed by atoms with E-state index in [2.05, 4.69) is 15.0 Å². The maximum absolute atomic E-state index is 12.7. The van der Waals surface area contributed by atoms with Gasteiger partial charge in [0.2, 0.25) is 5.91 Å². The van der Waals surface area contributed by atoms with Gasteiger partial charge in [0.1, 0.15) is 4.90 Å². The van der Waals surface area contributed by atoms with Gasteiger partial charge in [-0.1, -0.05) is 0 Å². The third kappa shape index (κ3) is 4.75. The van der Waals surface area contributed by atoms with Crippen molar-refractivity contribution in [2.75, 3.05) is 25.2 Å². The molecule has 0 saturated carbocycles. The van der Waals surface area contributed by atoms with Gasteiger partial charge in [0.25, 0.3) is 0 Å². The number of aromatic nitrogens is 3. The molecule has 0 aromatic carbocycles. The number of nitrogens with zero attached hydrogens (tertiary/aromatic N) is 4. The van der Waals surface area contributed by atoms with Crippen LogP contribution in [0.4, 0.5) is 0 Å². The molecule has 0 aliphatic carbocycles. The van der Waals surface area contributed by atoms with E-state index in [1.54, 1.807) is 24.5 Å². The van der Waals surface area contributed by atoms with Crippen LogP contribution in [0.25, 0.3) is 11.4 Å². The first kappa shape index (κ1) is 21.6. The number of hydrogen-bond donors (Lipinski definition) is 0. The molecule has 1 amide bonds. The predicted molar refractivity (Wildman–Crippen MR) is 111 cm³/mol. The summed E-state index contributed by atoms with van der Waals surface area (Å²) in [7, 11) is -3.47. The van der Waals surface area contributed by atoms with E-state index >= 15 is 0 Å². The minimum Gasteiger partial charge on any atom is -0.342 e. The Kier molecular flexibility index (Phi) is 6.24. The van der Waals surface area contributed by atoms with Gasteiger partial charge in [0, 0.05) is 55.3 Å². The first-order valence-corrected chi connectivity index (χ1v) is 11.9. The number of amides is 1. The van der Waals surface area contributed by atoms with Gasteiger partial charge in [0.15, 0.2) is 15.7 Å². The predicted octanol–water partition coefficient (Wildman–Crippen LogP) is 2.91. The van der Waals surface area contributed by atoms with Gasteiger partial charge in [-0.05, 0) is 38.8 Å². The maximum Gasteiger partial charge on any atom is 0.229 e. The third-order valence-corrected chi connectivity index (χ3v) is 6.98. The number of sulfone groups is 1. The lowest BCUT2D eigenvalue weighted by Crippen LogP contribution is -2.45. The number of pyridine rings is 1. The van der Waals surface area contributed by atoms with E-state index in [9.17, 15) is 13.2 Å². The Bertz CT molecular complexity index is 988. The molecule has 1 aliphatic rings. The Morgan fingerprint density at radius 3 is 2.41 bits per heavy atom. The van der Waals surface area contributed by atoms with Crippen molar-refractivity contribution in [3.05, 3.63) is 36.4 Å². The molecule has 156 valence electrons. The van der Waals surface area contributed by atoms with Gasteiger partial charge in [-0.15, -0.1) is 11.6 Å². The lowest BCUT2D eigenvalue weighted by Gasteiger charge is -2.36. The lowest BCUT2D eigenvalue weighted by molar-refractivity contribution is -0.140. The molecule has 29 heavy (non-hydrogen) atoms. The quantitative estimate of drug-likeness (QED) is 0.669. The summed E-state index contributed by atoms with van der Waals surface area (Å²) in [5.74, 6) is 0.683. The minimum atomic E-state index is -3.47. The summed E-state index contributed by atoms with van der Waals surface area (Å²) in [6, 6.07) is 3.57. The molecule has 0 unspecified atom stereocenters. The normalized spacial score (nSPS) is 16.1. The molecule has 0 atom stereocenters. The number of alkyl halides is 1. The maximum atomic E-state index is 12.7. The average Bonchev–Trinajstić information content (AvgIpc) is 2.73. The second-order valence-corrected chi connectivity index (χ2v) is 10.3. The molecule has 9 heteroatoms. The van der Waals surface area contributed by atoms with Crippen LogP contribution in [-0.4, -0.2) is 59.4 Å². The van der Waals surface area contributed by atoms with Crippen molar-refractivity contribution < 1.29 is 13.2 Å². The molecule has 7 nitrogen and oxygen atoms in total. The van der Waals surface area contributed by atoms with E-state index in [4.69, 9.17) is 11.6 Å². The highest BCUT2D eigenvalue weighted by Crippen LogP contribution is 2.33. The first-order chi connectivity index (χ1) is 13.6. The van der Waals surface area contributed by atoms with E-state index in [0.717, 1.165) is 5.56 Å². The number of likely N-dealkylation sites (tertiary alicyclic amines) is 1. The summed E-state index contributed by atoms with van der Waals surface area (Å²) < 4.78 is 24.6. The van der Waals surface area contributed by atoms with Gasteiger partial charge in [0.05, 0.1) is 11.1 Å². The molecule has 1 fully saturated rings. The van der Waals surface area contributed by atoms with Crippen molar-refractivity contribution in [1.82, 2.24) is 19.9 Å². The second-order valence-electron chi connectivity index (χ2n) is 8.04. The van der Waals surface area contributed by atoms with Crippen molar-refractivity contribution in [1.29, 1.82) is 0 Å². The highest BCUT2D eigenvalue weighted by atomic mass is 35.5. The third-order valence-electron chi connectivity index (χ3n) is 5.20. The highest BCUT2D eigenvalue weighted by molar-refractivity contribution is 7.90. The number of carbonyl (C=O) groups is 1. The Labute approximate surface area is 176 Å². The van der Waals surface area contributed by atoms with E-state index < -0.39 is 15.3 Å². The fraction of sp³-hybridized carbons (Fsp3) is 0.500. The van der Waals surface area contributed by atoms with E-state index in [1.165, 1.54) is 12.5 Å². The zero-order valence-electron chi connectivity index (χ0n) is 16.8. The van der Waals surface area contributed by atoms with Crippen LogP contribution in [-0.2, 0) is 14.6 Å². The molecule has 0 bridgehead atoms. The summed E-state index contributed by atoms with van der Waals surface area (Å²) in [5, 5.41) is 0. The largest absolute Gasteiger partial charge is 0.342 e. The van der Waals surface area contributed by atoms with Crippen LogP contribution in [0.2, 0.25) is 0 Å². The monoisotopic (exact) mass is 436 g/mol. The van der Waals surface area contributed by atoms with E-state index in [0.29, 0.717) is 37.4 Å². The highest BCUT2D eigenvalue weighted by Gasteiger charge is 2.35. The van der Waals surface area contributed by atoms with E-state index in [1.807, 2.05) is 18.7 Å². The fourth-order valence-electron chi connectivity index (χ4n) is 3.44. The minimum absolute atomic E-state index is 0.0226. The molecule has 2 aromatic heterocycles. The number of halogens is 1. The van der Waals surface area contributed by atoms with Crippen molar-refractivity contribution in [3.63, 3.8) is 0 Å². The van der Waals surface area contributed by atoms with Gasteiger partial charge in [-0.2, -0.15) is 0 Å². The first-order valence-electron chi connectivity index (χ1n) is 9.46. The van der Waals surface area contributed by atoms with Crippen molar-refractivity contribution in [2.45, 2.75) is 37.5 Å². The summed E-state index contributed by atoms with van der Waals surface area (Å²) in [5.41, 5.74) is 0.686. The molecule has 2 aromatic rings. The topological polar surface area (TPSA) is 93.1 Å². The Hall–Kier alpha value is -2.06. The Balaban J connectivity index is 1.89. The van der Waals surface area contributed by atoms with Crippen LogP contribution in [0, 0.1) is 5.41 Å². The van der Waals surface area contributed by atoms with Gasteiger partial charge >= 0.3 is 0 Å². The van der Waals surface area contributed by atoms with E-state index in [-0.39, 0.29) is 22.6 Å². The zero-order chi connectivity index (χ0) is 21.2. The summed E-state index contributed by atoms with van der Waals surface area (Å²) in [6.45, 7) is 4.76. The molecule has 1 saturated heterocycles. The molecular formula is C20H25ClN4O3S. The number of hydrogen-bond acceptors (Lipinski definition) is 6. The van der Waals surface area contributed by atoms with Crippen molar-refractivity contribution in [2.24, 2.45) is 5.41 Å². The van der Waals surface area contributed by atoms with Gasteiger partial charge < -0.3 is 4.90 Å². The fourth-order valence-corrected chi connectivity index (χ4v) is 4.39. The molecular weight excluding hydrogens is 412 g/mol. The number of piperidine rings is 1. The molecule has 0 N–H and O–H groups in total. The molecule has 1 aliphatic heterocycles. The van der Waals surface area contributed by atoms with Crippen molar-refractivity contribution >= 4 is 27.3 Å². The SMILES string of the molecule is CC(C)(CCl)C(=O)N1CCC(c2nc(-c3ccncc3)ncc2S(C)(=O)=O)CC1. The average molecular weight is 437 g/mol. The number of carbonyl (C=O) groups excluding carboxylic acids is 1. The zero-order valence-corrected chi connectivity index (χ0v) is 18.4. The summed E-state index contributed by atoms with van der Waals surface area (Å²) in [4.78, 5) is 27.5. The van der Waals surface area contributed by atoms with Crippen LogP contribution < -0.4 is 0 Å². The van der Waals surface area contributed by atoms with Gasteiger partial charge in [-0.25, -0.2) is 18.4 Å². The van der Waals surface area contributed by atoms with Crippen LogP contribution in [0.1, 0.15) is 38.3 Å². The summed E-state index contributed by atoms with van der Waals surface area (Å²) in [6.07, 6.45) is 7.13. The standard InChI is InChI=1S/C20H25ClN4O3S/c1-20(2,13-21)19(26)25-10-6-14(7-11-25)17-16(29(3,27)28)12-23-18(24-17)15-4-8-22-9-5-15/h4-5,8-9,12,14H,6-7,10-11,13H2,1-3H3. The van der Waals surface area contributed by atoms with Gasteiger partial charge in [-0.3, -0.25) is 9.78 Å². The lowest BCUT2D eigenvalue weighted by atomic mass is 9.89. The molecule has 3 heterocycles. The molecule has 3 rings (SSSR count). The molecule has 0 radical (unpaired) electrons. The number of rotatable bonds is 5. The summed E-state index contributed by atoms with van der Waals surface area (Å²) >= 11 is 5.94. The van der Waals surface area contributed by atoms with Crippen LogP contribution >= 0.6 is 11.6 Å². The van der Waals surface area contributed by atoms with Crippen LogP contribution in [0.15, 0.2) is 35.6 Å².